The molecule has 16 heavy (non-hydrogen) atoms. The summed E-state index contributed by atoms with van der Waals surface area (Å²) in [6, 6.07) is 0. The van der Waals surface area contributed by atoms with Gasteiger partial charge < -0.3 is 15.9 Å². The largest absolute Gasteiger partial charge is 0.479 e. The van der Waals surface area contributed by atoms with E-state index in [9.17, 15) is 15.0 Å². The van der Waals surface area contributed by atoms with Gasteiger partial charge in [0.1, 0.15) is 0 Å². The molecule has 0 aliphatic heterocycles. The van der Waals surface area contributed by atoms with Crippen molar-refractivity contribution >= 4 is 18.4 Å². The summed E-state index contributed by atoms with van der Waals surface area (Å²) in [6.07, 6.45) is 4.71. The van der Waals surface area contributed by atoms with Crippen LogP contribution in [0.1, 0.15) is 45.4 Å². The molecule has 4 nitrogen and oxygen atoms in total. The summed E-state index contributed by atoms with van der Waals surface area (Å²) < 4.78 is 0. The first-order valence-corrected chi connectivity index (χ1v) is 5.68. The Morgan fingerprint density at radius 1 is 1.38 bits per heavy atom. The molecule has 0 radical (unpaired) electrons. The van der Waals surface area contributed by atoms with Gasteiger partial charge in [0.2, 0.25) is 0 Å². The molecule has 1 rings (SSSR count). The van der Waals surface area contributed by atoms with Gasteiger partial charge in [0.15, 0.2) is 5.60 Å². The number of halogens is 1. The second-order valence-corrected chi connectivity index (χ2v) is 4.56. The standard InChI is InChI=1S/C11H21NO3.ClH/c1-2-11(15,9(13)14)10(8-12)6-4-3-5-7-10;/h15H,2-8,12H2,1H3,(H,13,14);1H. The van der Waals surface area contributed by atoms with Crippen LogP contribution in [-0.4, -0.2) is 28.3 Å². The zero-order valence-electron chi connectivity index (χ0n) is 9.74. The number of rotatable bonds is 4. The zero-order valence-corrected chi connectivity index (χ0v) is 10.6. The molecule has 0 aromatic carbocycles. The van der Waals surface area contributed by atoms with Crippen LogP contribution in [0.15, 0.2) is 0 Å². The molecule has 0 saturated heterocycles. The minimum atomic E-state index is -1.65. The van der Waals surface area contributed by atoms with Crippen LogP contribution in [0.4, 0.5) is 0 Å². The van der Waals surface area contributed by atoms with Crippen molar-refractivity contribution in [2.75, 3.05) is 6.54 Å². The molecule has 1 saturated carbocycles. The van der Waals surface area contributed by atoms with Crippen LogP contribution >= 0.6 is 12.4 Å². The van der Waals surface area contributed by atoms with E-state index in [0.717, 1.165) is 32.1 Å². The third-order valence-electron chi connectivity index (χ3n) is 3.94. The van der Waals surface area contributed by atoms with Gasteiger partial charge in [-0.2, -0.15) is 0 Å². The van der Waals surface area contributed by atoms with Crippen molar-refractivity contribution in [1.29, 1.82) is 0 Å². The van der Waals surface area contributed by atoms with E-state index in [1.807, 2.05) is 0 Å². The number of hydrogen-bond acceptors (Lipinski definition) is 3. The SMILES string of the molecule is CCC(O)(C(=O)O)C1(CN)CCCCC1.Cl. The van der Waals surface area contributed by atoms with Gasteiger partial charge in [-0.1, -0.05) is 26.2 Å². The Bertz CT molecular complexity index is 241. The smallest absolute Gasteiger partial charge is 0.336 e. The highest BCUT2D eigenvalue weighted by Crippen LogP contribution is 2.45. The summed E-state index contributed by atoms with van der Waals surface area (Å²) >= 11 is 0. The minimum absolute atomic E-state index is 0. The Morgan fingerprint density at radius 2 is 1.88 bits per heavy atom. The second kappa shape index (κ2) is 5.84. The average Bonchev–Trinajstić information content (AvgIpc) is 2.28. The summed E-state index contributed by atoms with van der Waals surface area (Å²) in [4.78, 5) is 11.2. The predicted molar refractivity (Wildman–Crippen MR) is 64.7 cm³/mol. The molecule has 0 aromatic rings. The topological polar surface area (TPSA) is 83.5 Å². The molecule has 1 fully saturated rings. The predicted octanol–water partition coefficient (Wildman–Crippen LogP) is 1.54. The van der Waals surface area contributed by atoms with Gasteiger partial charge in [0.05, 0.1) is 0 Å². The maximum Gasteiger partial charge on any atom is 0.336 e. The van der Waals surface area contributed by atoms with E-state index in [1.165, 1.54) is 0 Å². The summed E-state index contributed by atoms with van der Waals surface area (Å²) in [7, 11) is 0. The molecule has 0 bridgehead atoms. The van der Waals surface area contributed by atoms with Crippen LogP contribution in [0.2, 0.25) is 0 Å². The number of hydrogen-bond donors (Lipinski definition) is 3. The number of aliphatic hydroxyl groups is 1. The van der Waals surface area contributed by atoms with Crippen LogP contribution < -0.4 is 5.73 Å². The Morgan fingerprint density at radius 3 is 2.19 bits per heavy atom. The van der Waals surface area contributed by atoms with Gasteiger partial charge in [-0.3, -0.25) is 0 Å². The van der Waals surface area contributed by atoms with Crippen LogP contribution in [0.25, 0.3) is 0 Å². The summed E-state index contributed by atoms with van der Waals surface area (Å²) in [5.74, 6) is -1.13. The Hall–Kier alpha value is -0.320. The fraction of sp³-hybridized carbons (Fsp3) is 0.909. The molecule has 0 aromatic heterocycles. The van der Waals surface area contributed by atoms with Crippen molar-refractivity contribution in [2.45, 2.75) is 51.0 Å². The molecule has 4 N–H and O–H groups in total. The van der Waals surface area contributed by atoms with E-state index in [0.29, 0.717) is 0 Å². The van der Waals surface area contributed by atoms with Crippen LogP contribution in [0.3, 0.4) is 0 Å². The van der Waals surface area contributed by atoms with Gasteiger partial charge in [-0.05, 0) is 19.3 Å². The number of carboxylic acids is 1. The van der Waals surface area contributed by atoms with Crippen molar-refractivity contribution in [1.82, 2.24) is 0 Å². The molecule has 1 aliphatic rings. The van der Waals surface area contributed by atoms with Crippen molar-refractivity contribution in [3.8, 4) is 0 Å². The van der Waals surface area contributed by atoms with Crippen molar-refractivity contribution in [2.24, 2.45) is 11.1 Å². The van der Waals surface area contributed by atoms with E-state index >= 15 is 0 Å². The Kier molecular flexibility index (Phi) is 5.73. The number of nitrogens with two attached hydrogens (primary N) is 1. The maximum atomic E-state index is 11.2. The third-order valence-corrected chi connectivity index (χ3v) is 3.94. The lowest BCUT2D eigenvalue weighted by Crippen LogP contribution is -2.58. The number of carbonyl (C=O) groups is 1. The van der Waals surface area contributed by atoms with Crippen LogP contribution in [0, 0.1) is 5.41 Å². The number of carboxylic acid groups (broad SMARTS) is 1. The van der Waals surface area contributed by atoms with Gasteiger partial charge in [0.25, 0.3) is 0 Å². The summed E-state index contributed by atoms with van der Waals surface area (Å²) in [5, 5.41) is 19.5. The highest BCUT2D eigenvalue weighted by atomic mass is 35.5. The normalized spacial score (nSPS) is 22.9. The fourth-order valence-electron chi connectivity index (χ4n) is 2.77. The lowest BCUT2D eigenvalue weighted by Gasteiger charge is -2.46. The first-order valence-electron chi connectivity index (χ1n) is 5.68. The van der Waals surface area contributed by atoms with E-state index in [-0.39, 0.29) is 25.4 Å². The molecule has 96 valence electrons. The van der Waals surface area contributed by atoms with E-state index < -0.39 is 17.0 Å². The quantitative estimate of drug-likeness (QED) is 0.708. The number of aliphatic carboxylic acids is 1. The third kappa shape index (κ3) is 2.34. The highest BCUT2D eigenvalue weighted by molar-refractivity contribution is 5.85. The zero-order chi connectivity index (χ0) is 11.5. The van der Waals surface area contributed by atoms with Crippen molar-refractivity contribution in [3.05, 3.63) is 0 Å². The Balaban J connectivity index is 0.00000225. The summed E-state index contributed by atoms with van der Waals surface area (Å²) in [6.45, 7) is 1.96. The van der Waals surface area contributed by atoms with E-state index in [2.05, 4.69) is 0 Å². The average molecular weight is 252 g/mol. The molecule has 0 heterocycles. The Labute approximate surface area is 103 Å². The molecular weight excluding hydrogens is 230 g/mol. The fourth-order valence-corrected chi connectivity index (χ4v) is 2.77. The molecule has 1 atom stereocenters. The molecule has 0 spiro atoms. The monoisotopic (exact) mass is 251 g/mol. The van der Waals surface area contributed by atoms with Crippen LogP contribution in [0.5, 0.6) is 0 Å². The highest BCUT2D eigenvalue weighted by Gasteiger charge is 2.53. The van der Waals surface area contributed by atoms with E-state index in [4.69, 9.17) is 5.73 Å². The molecule has 0 amide bonds. The van der Waals surface area contributed by atoms with Gasteiger partial charge >= 0.3 is 5.97 Å². The first kappa shape index (κ1) is 15.7. The minimum Gasteiger partial charge on any atom is -0.479 e. The van der Waals surface area contributed by atoms with E-state index in [1.54, 1.807) is 6.92 Å². The molecular formula is C11H22ClNO3. The van der Waals surface area contributed by atoms with Crippen molar-refractivity contribution < 1.29 is 15.0 Å². The molecule has 5 heteroatoms. The molecule has 1 aliphatic carbocycles. The van der Waals surface area contributed by atoms with Crippen molar-refractivity contribution in [3.63, 3.8) is 0 Å². The van der Waals surface area contributed by atoms with Gasteiger partial charge in [-0.15, -0.1) is 12.4 Å². The van der Waals surface area contributed by atoms with Gasteiger partial charge in [-0.25, -0.2) is 4.79 Å². The maximum absolute atomic E-state index is 11.2. The lowest BCUT2D eigenvalue weighted by atomic mass is 9.62. The first-order chi connectivity index (χ1) is 7.02. The summed E-state index contributed by atoms with van der Waals surface area (Å²) in [5.41, 5.74) is 3.44. The van der Waals surface area contributed by atoms with Crippen LogP contribution in [-0.2, 0) is 4.79 Å². The van der Waals surface area contributed by atoms with Gasteiger partial charge in [0, 0.05) is 12.0 Å². The second-order valence-electron chi connectivity index (χ2n) is 4.56. The lowest BCUT2D eigenvalue weighted by molar-refractivity contribution is -0.179. The molecule has 1 unspecified atom stereocenters.